The van der Waals surface area contributed by atoms with Gasteiger partial charge in [0.05, 0.1) is 0 Å². The molecule has 17 heavy (non-hydrogen) atoms. The van der Waals surface area contributed by atoms with Crippen LogP contribution < -0.4 is 5.32 Å². The second-order valence-electron chi connectivity index (χ2n) is 3.64. The van der Waals surface area contributed by atoms with E-state index in [1.165, 1.54) is 4.90 Å². The molecule has 2 aromatic rings. The van der Waals surface area contributed by atoms with Crippen molar-refractivity contribution in [3.63, 3.8) is 0 Å². The quantitative estimate of drug-likeness (QED) is 0.810. The summed E-state index contributed by atoms with van der Waals surface area (Å²) >= 11 is 3.29. The largest absolute Gasteiger partial charge is 0.386 e. The molecule has 0 aliphatic rings. The van der Waals surface area contributed by atoms with E-state index in [9.17, 15) is 5.11 Å². The topological polar surface area (TPSA) is 32.3 Å². The maximum absolute atomic E-state index is 9.94. The smallest absolute Gasteiger partial charge is 0.105 e. The zero-order valence-corrected chi connectivity index (χ0v) is 11.2. The molecule has 2 rings (SSSR count). The van der Waals surface area contributed by atoms with Gasteiger partial charge in [0.25, 0.3) is 0 Å². The first kappa shape index (κ1) is 12.5. The van der Waals surface area contributed by atoms with Crippen LogP contribution in [0.5, 0.6) is 0 Å². The number of aliphatic hydroxyl groups excluding tert-OH is 1. The second-order valence-corrected chi connectivity index (χ2v) is 5.50. The van der Waals surface area contributed by atoms with Gasteiger partial charge < -0.3 is 10.4 Å². The lowest BCUT2D eigenvalue weighted by molar-refractivity contribution is 0.195. The van der Waals surface area contributed by atoms with Crippen molar-refractivity contribution in [1.82, 2.24) is 0 Å². The van der Waals surface area contributed by atoms with Gasteiger partial charge in [-0.2, -0.15) is 0 Å². The summed E-state index contributed by atoms with van der Waals surface area (Å²) < 4.78 is 0. The van der Waals surface area contributed by atoms with Crippen LogP contribution in [0.2, 0.25) is 0 Å². The molecule has 0 fully saturated rings. The number of thiophene rings is 1. The first-order valence-corrected chi connectivity index (χ1v) is 7.49. The van der Waals surface area contributed by atoms with Crippen LogP contribution in [-0.2, 0) is 0 Å². The maximum Gasteiger partial charge on any atom is 0.105 e. The van der Waals surface area contributed by atoms with Gasteiger partial charge in [-0.15, -0.1) is 23.1 Å². The van der Waals surface area contributed by atoms with Crippen LogP contribution in [0.4, 0.5) is 5.69 Å². The molecule has 0 aliphatic heterocycles. The fraction of sp³-hybridized carbons (Fsp3) is 0.231. The van der Waals surface area contributed by atoms with Crippen LogP contribution in [0.1, 0.15) is 11.0 Å². The normalized spacial score (nSPS) is 12.4. The number of hydrogen-bond acceptors (Lipinski definition) is 4. The average Bonchev–Trinajstić information content (AvgIpc) is 2.90. The summed E-state index contributed by atoms with van der Waals surface area (Å²) in [6, 6.07) is 12.1. The Bertz CT molecular complexity index is 456. The molecule has 0 aliphatic carbocycles. The first-order valence-electron chi connectivity index (χ1n) is 5.39. The Morgan fingerprint density at radius 2 is 2.24 bits per heavy atom. The number of hydrogen-bond donors (Lipinski definition) is 2. The van der Waals surface area contributed by atoms with Crippen molar-refractivity contribution in [2.24, 2.45) is 0 Å². The molecule has 1 unspecified atom stereocenters. The van der Waals surface area contributed by atoms with Gasteiger partial charge in [-0.1, -0.05) is 12.1 Å². The molecule has 0 saturated carbocycles. The summed E-state index contributed by atoms with van der Waals surface area (Å²) in [5.74, 6) is 0. The molecular formula is C13H15NOS2. The number of rotatable bonds is 5. The summed E-state index contributed by atoms with van der Waals surface area (Å²) in [6.07, 6.45) is 1.62. The van der Waals surface area contributed by atoms with Gasteiger partial charge in [0, 0.05) is 22.0 Å². The molecule has 0 spiro atoms. The SMILES string of the molecule is CSc1cccc(NCC(O)c2cccs2)c1. The lowest BCUT2D eigenvalue weighted by atomic mass is 10.2. The molecule has 2 nitrogen and oxygen atoms in total. The van der Waals surface area contributed by atoms with Crippen molar-refractivity contribution in [2.45, 2.75) is 11.0 Å². The van der Waals surface area contributed by atoms with E-state index in [0.29, 0.717) is 6.54 Å². The van der Waals surface area contributed by atoms with E-state index in [1.54, 1.807) is 23.1 Å². The molecule has 0 amide bonds. The molecule has 0 radical (unpaired) electrons. The third-order valence-corrected chi connectivity index (χ3v) is 4.14. The minimum Gasteiger partial charge on any atom is -0.386 e. The molecule has 1 heterocycles. The van der Waals surface area contributed by atoms with Crippen molar-refractivity contribution in [2.75, 3.05) is 18.1 Å². The van der Waals surface area contributed by atoms with E-state index in [-0.39, 0.29) is 0 Å². The fourth-order valence-electron chi connectivity index (χ4n) is 1.53. The van der Waals surface area contributed by atoms with E-state index in [2.05, 4.69) is 23.7 Å². The molecule has 1 aromatic carbocycles. The third-order valence-electron chi connectivity index (χ3n) is 2.44. The van der Waals surface area contributed by atoms with Gasteiger partial charge in [-0.3, -0.25) is 0 Å². The van der Waals surface area contributed by atoms with Crippen LogP contribution in [0, 0.1) is 0 Å². The molecular weight excluding hydrogens is 250 g/mol. The summed E-state index contributed by atoms with van der Waals surface area (Å²) in [5.41, 5.74) is 1.05. The Balaban J connectivity index is 1.93. The molecule has 2 N–H and O–H groups in total. The zero-order chi connectivity index (χ0) is 12.1. The van der Waals surface area contributed by atoms with Crippen LogP contribution in [0.15, 0.2) is 46.7 Å². The predicted octanol–water partition coefficient (Wildman–Crippen LogP) is 3.62. The van der Waals surface area contributed by atoms with Crippen molar-refractivity contribution in [3.8, 4) is 0 Å². The van der Waals surface area contributed by atoms with E-state index >= 15 is 0 Å². The number of nitrogens with one attached hydrogen (secondary N) is 1. The standard InChI is InChI=1S/C13H15NOS2/c1-16-11-5-2-4-10(8-11)14-9-12(15)13-6-3-7-17-13/h2-8,12,14-15H,9H2,1H3. The van der Waals surface area contributed by atoms with Crippen LogP contribution in [-0.4, -0.2) is 17.9 Å². The Labute approximate surface area is 110 Å². The average molecular weight is 265 g/mol. The van der Waals surface area contributed by atoms with Crippen molar-refractivity contribution >= 4 is 28.8 Å². The van der Waals surface area contributed by atoms with Gasteiger partial charge >= 0.3 is 0 Å². The van der Waals surface area contributed by atoms with E-state index < -0.39 is 6.10 Å². The van der Waals surface area contributed by atoms with E-state index in [0.717, 1.165) is 10.6 Å². The maximum atomic E-state index is 9.94. The fourth-order valence-corrected chi connectivity index (χ4v) is 2.70. The van der Waals surface area contributed by atoms with E-state index in [4.69, 9.17) is 0 Å². The molecule has 0 bridgehead atoms. The lowest BCUT2D eigenvalue weighted by Gasteiger charge is -2.11. The van der Waals surface area contributed by atoms with Gasteiger partial charge in [0.15, 0.2) is 0 Å². The van der Waals surface area contributed by atoms with Crippen molar-refractivity contribution in [1.29, 1.82) is 0 Å². The van der Waals surface area contributed by atoms with Gasteiger partial charge in [0.1, 0.15) is 6.10 Å². The Kier molecular flexibility index (Phi) is 4.48. The molecule has 1 aromatic heterocycles. The predicted molar refractivity (Wildman–Crippen MR) is 76.0 cm³/mol. The molecule has 0 saturated heterocycles. The molecule has 90 valence electrons. The highest BCUT2D eigenvalue weighted by Crippen LogP contribution is 2.22. The molecule has 1 atom stereocenters. The first-order chi connectivity index (χ1) is 8.29. The Morgan fingerprint density at radius 3 is 2.94 bits per heavy atom. The number of aliphatic hydroxyl groups is 1. The summed E-state index contributed by atoms with van der Waals surface area (Å²) in [5, 5.41) is 15.2. The highest BCUT2D eigenvalue weighted by molar-refractivity contribution is 7.98. The number of thioether (sulfide) groups is 1. The lowest BCUT2D eigenvalue weighted by Crippen LogP contribution is -2.10. The van der Waals surface area contributed by atoms with Crippen molar-refractivity contribution in [3.05, 3.63) is 46.7 Å². The van der Waals surface area contributed by atoms with Gasteiger partial charge in [0.2, 0.25) is 0 Å². The highest BCUT2D eigenvalue weighted by atomic mass is 32.2. The van der Waals surface area contributed by atoms with Crippen LogP contribution >= 0.6 is 23.1 Å². The van der Waals surface area contributed by atoms with Crippen LogP contribution in [0.3, 0.4) is 0 Å². The van der Waals surface area contributed by atoms with E-state index in [1.807, 2.05) is 29.6 Å². The van der Waals surface area contributed by atoms with Crippen molar-refractivity contribution < 1.29 is 5.11 Å². The van der Waals surface area contributed by atoms with Gasteiger partial charge in [-0.25, -0.2) is 0 Å². The summed E-state index contributed by atoms with van der Waals surface area (Å²) in [4.78, 5) is 2.22. The summed E-state index contributed by atoms with van der Waals surface area (Å²) in [7, 11) is 0. The minimum absolute atomic E-state index is 0.437. The van der Waals surface area contributed by atoms with Gasteiger partial charge in [-0.05, 0) is 35.9 Å². The summed E-state index contributed by atoms with van der Waals surface area (Å²) in [6.45, 7) is 0.540. The Morgan fingerprint density at radius 1 is 1.35 bits per heavy atom. The number of benzene rings is 1. The zero-order valence-electron chi connectivity index (χ0n) is 9.59. The minimum atomic E-state index is -0.437. The van der Waals surface area contributed by atoms with Crippen LogP contribution in [0.25, 0.3) is 0 Å². The third kappa shape index (κ3) is 3.49. The second kappa shape index (κ2) is 6.10. The monoisotopic (exact) mass is 265 g/mol. The Hall–Kier alpha value is -0.970. The highest BCUT2D eigenvalue weighted by Gasteiger charge is 2.07. The molecule has 4 heteroatoms. The number of anilines is 1.